The number of rotatable bonds is 7. The molecule has 0 bridgehead atoms. The number of urea groups is 1. The minimum Gasteiger partial charge on any atom is -0.481 e. The van der Waals surface area contributed by atoms with Gasteiger partial charge in [-0.2, -0.15) is 0 Å². The summed E-state index contributed by atoms with van der Waals surface area (Å²) in [6, 6.07) is -0.222. The maximum Gasteiger partial charge on any atom is 0.317 e. The van der Waals surface area contributed by atoms with Crippen LogP contribution in [0.4, 0.5) is 4.79 Å². The Morgan fingerprint density at radius 3 is 2.86 bits per heavy atom. The Hall–Kier alpha value is -1.79. The standard InChI is InChI=1S/C14H25N3O4/c1-2-11(4-5-13(19)20)6-8-16-14(21)17-9-3-7-15-12(18)10-17/h11H,2-10H2,1H3,(H,15,18)(H,16,21)(H,19,20). The summed E-state index contributed by atoms with van der Waals surface area (Å²) in [7, 11) is 0. The smallest absolute Gasteiger partial charge is 0.317 e. The van der Waals surface area contributed by atoms with Gasteiger partial charge in [0, 0.05) is 26.1 Å². The zero-order valence-electron chi connectivity index (χ0n) is 12.6. The molecule has 0 saturated carbocycles. The second-order valence-electron chi connectivity index (χ2n) is 5.35. The van der Waals surface area contributed by atoms with Gasteiger partial charge in [-0.1, -0.05) is 13.3 Å². The van der Waals surface area contributed by atoms with E-state index in [0.717, 1.165) is 19.3 Å². The minimum absolute atomic E-state index is 0.0993. The third kappa shape index (κ3) is 6.97. The molecule has 1 rings (SSSR count). The highest BCUT2D eigenvalue weighted by Gasteiger charge is 2.19. The van der Waals surface area contributed by atoms with Gasteiger partial charge in [-0.05, 0) is 25.2 Å². The van der Waals surface area contributed by atoms with Gasteiger partial charge in [0.05, 0.1) is 0 Å². The molecule has 0 aromatic carbocycles. The van der Waals surface area contributed by atoms with E-state index in [9.17, 15) is 14.4 Å². The van der Waals surface area contributed by atoms with Gasteiger partial charge < -0.3 is 20.6 Å². The van der Waals surface area contributed by atoms with Crippen molar-refractivity contribution in [1.29, 1.82) is 0 Å². The van der Waals surface area contributed by atoms with E-state index in [4.69, 9.17) is 5.11 Å². The summed E-state index contributed by atoms with van der Waals surface area (Å²) in [6.45, 7) is 3.81. The van der Waals surface area contributed by atoms with Crippen LogP contribution in [0, 0.1) is 5.92 Å². The maximum atomic E-state index is 12.0. The lowest BCUT2D eigenvalue weighted by atomic mass is 9.97. The SMILES string of the molecule is CCC(CCNC(=O)N1CCCNC(=O)C1)CCC(=O)O. The van der Waals surface area contributed by atoms with Gasteiger partial charge in [0.1, 0.15) is 6.54 Å². The van der Waals surface area contributed by atoms with Gasteiger partial charge in [0.2, 0.25) is 5.91 Å². The number of hydrogen-bond donors (Lipinski definition) is 3. The molecule has 21 heavy (non-hydrogen) atoms. The number of nitrogens with one attached hydrogen (secondary N) is 2. The first kappa shape index (κ1) is 17.3. The van der Waals surface area contributed by atoms with Gasteiger partial charge in [0.25, 0.3) is 0 Å². The fourth-order valence-electron chi connectivity index (χ4n) is 2.35. The molecule has 1 aliphatic heterocycles. The Bertz CT molecular complexity index is 373. The van der Waals surface area contributed by atoms with Gasteiger partial charge in [-0.3, -0.25) is 9.59 Å². The number of carbonyl (C=O) groups is 3. The zero-order valence-corrected chi connectivity index (χ0v) is 12.6. The van der Waals surface area contributed by atoms with Crippen LogP contribution in [-0.4, -0.2) is 54.1 Å². The molecule has 0 radical (unpaired) electrons. The number of carbonyl (C=O) groups excluding carboxylic acids is 2. The Morgan fingerprint density at radius 1 is 1.43 bits per heavy atom. The Labute approximate surface area is 125 Å². The van der Waals surface area contributed by atoms with Crippen LogP contribution in [0.2, 0.25) is 0 Å². The Balaban J connectivity index is 2.27. The number of nitrogens with zero attached hydrogens (tertiary/aromatic N) is 1. The van der Waals surface area contributed by atoms with Crippen molar-refractivity contribution in [3.8, 4) is 0 Å². The average molecular weight is 299 g/mol. The van der Waals surface area contributed by atoms with Crippen LogP contribution in [0.1, 0.15) is 39.0 Å². The first-order valence-electron chi connectivity index (χ1n) is 7.54. The highest BCUT2D eigenvalue weighted by molar-refractivity contribution is 5.84. The number of carboxylic acids is 1. The van der Waals surface area contributed by atoms with E-state index in [1.165, 1.54) is 4.90 Å². The molecule has 3 amide bonds. The van der Waals surface area contributed by atoms with Crippen LogP contribution in [0.3, 0.4) is 0 Å². The second kappa shape index (κ2) is 9.20. The highest BCUT2D eigenvalue weighted by Crippen LogP contribution is 2.14. The topological polar surface area (TPSA) is 98.7 Å². The number of aliphatic carboxylic acids is 1. The number of hydrogen-bond acceptors (Lipinski definition) is 3. The predicted octanol–water partition coefficient (Wildman–Crippen LogP) is 0.799. The molecule has 7 heteroatoms. The van der Waals surface area contributed by atoms with Crippen LogP contribution in [0.15, 0.2) is 0 Å². The van der Waals surface area contributed by atoms with Gasteiger partial charge in [-0.25, -0.2) is 4.79 Å². The third-order valence-corrected chi connectivity index (χ3v) is 3.72. The molecule has 1 atom stereocenters. The van der Waals surface area contributed by atoms with Gasteiger partial charge >= 0.3 is 12.0 Å². The van der Waals surface area contributed by atoms with E-state index in [1.54, 1.807) is 0 Å². The molecule has 0 aliphatic carbocycles. The molecule has 3 N–H and O–H groups in total. The second-order valence-corrected chi connectivity index (χ2v) is 5.35. The van der Waals surface area contributed by atoms with Crippen LogP contribution in [0.5, 0.6) is 0 Å². The van der Waals surface area contributed by atoms with Crippen molar-refractivity contribution in [1.82, 2.24) is 15.5 Å². The first-order valence-corrected chi connectivity index (χ1v) is 7.54. The lowest BCUT2D eigenvalue weighted by Crippen LogP contribution is -2.43. The van der Waals surface area contributed by atoms with Crippen molar-refractivity contribution < 1.29 is 19.5 Å². The summed E-state index contributed by atoms with van der Waals surface area (Å²) in [4.78, 5) is 35.4. The van der Waals surface area contributed by atoms with E-state index in [0.29, 0.717) is 32.0 Å². The van der Waals surface area contributed by atoms with E-state index < -0.39 is 5.97 Å². The van der Waals surface area contributed by atoms with Crippen molar-refractivity contribution in [3.63, 3.8) is 0 Å². The fourth-order valence-corrected chi connectivity index (χ4v) is 2.35. The molecule has 1 saturated heterocycles. The zero-order chi connectivity index (χ0) is 15.7. The summed E-state index contributed by atoms with van der Waals surface area (Å²) in [5.41, 5.74) is 0. The van der Waals surface area contributed by atoms with E-state index >= 15 is 0 Å². The third-order valence-electron chi connectivity index (χ3n) is 3.72. The summed E-state index contributed by atoms with van der Waals surface area (Å²) in [6.07, 6.45) is 3.22. The Morgan fingerprint density at radius 2 is 2.19 bits per heavy atom. The molecule has 0 spiro atoms. The molecular weight excluding hydrogens is 274 g/mol. The van der Waals surface area contributed by atoms with E-state index in [1.807, 2.05) is 6.92 Å². The molecule has 0 aromatic heterocycles. The van der Waals surface area contributed by atoms with Crippen LogP contribution < -0.4 is 10.6 Å². The van der Waals surface area contributed by atoms with Crippen molar-refractivity contribution >= 4 is 17.9 Å². The van der Waals surface area contributed by atoms with Crippen molar-refractivity contribution in [2.24, 2.45) is 5.92 Å². The summed E-state index contributed by atoms with van der Waals surface area (Å²) in [5, 5.41) is 14.2. The molecule has 1 heterocycles. The molecular formula is C14H25N3O4. The van der Waals surface area contributed by atoms with E-state index in [-0.39, 0.29) is 24.9 Å². The average Bonchev–Trinajstić information content (AvgIpc) is 2.66. The largest absolute Gasteiger partial charge is 0.481 e. The van der Waals surface area contributed by atoms with Gasteiger partial charge in [0.15, 0.2) is 0 Å². The number of amides is 3. The summed E-state index contributed by atoms with van der Waals surface area (Å²) < 4.78 is 0. The quantitative estimate of drug-likeness (QED) is 0.647. The van der Waals surface area contributed by atoms with Crippen molar-refractivity contribution in [2.45, 2.75) is 39.0 Å². The first-order chi connectivity index (χ1) is 10.0. The predicted molar refractivity (Wildman–Crippen MR) is 77.9 cm³/mol. The van der Waals surface area contributed by atoms with E-state index in [2.05, 4.69) is 10.6 Å². The van der Waals surface area contributed by atoms with Crippen LogP contribution in [0.25, 0.3) is 0 Å². The van der Waals surface area contributed by atoms with Crippen molar-refractivity contribution in [3.05, 3.63) is 0 Å². The molecule has 7 nitrogen and oxygen atoms in total. The lowest BCUT2D eigenvalue weighted by molar-refractivity contribution is -0.137. The molecule has 0 aromatic rings. The molecule has 120 valence electrons. The van der Waals surface area contributed by atoms with Crippen LogP contribution in [-0.2, 0) is 9.59 Å². The molecule has 1 unspecified atom stereocenters. The lowest BCUT2D eigenvalue weighted by Gasteiger charge is -2.20. The maximum absolute atomic E-state index is 12.0. The van der Waals surface area contributed by atoms with Gasteiger partial charge in [-0.15, -0.1) is 0 Å². The summed E-state index contributed by atoms with van der Waals surface area (Å²) >= 11 is 0. The Kier molecular flexibility index (Phi) is 7.56. The fraction of sp³-hybridized carbons (Fsp3) is 0.786. The molecule has 1 fully saturated rings. The summed E-state index contributed by atoms with van der Waals surface area (Å²) in [5.74, 6) is -0.613. The minimum atomic E-state index is -0.784. The van der Waals surface area contributed by atoms with Crippen LogP contribution >= 0.6 is 0 Å². The monoisotopic (exact) mass is 299 g/mol. The normalized spacial score (nSPS) is 16.8. The highest BCUT2D eigenvalue weighted by atomic mass is 16.4. The molecule has 1 aliphatic rings. The number of carboxylic acid groups (broad SMARTS) is 1. The van der Waals surface area contributed by atoms with Crippen molar-refractivity contribution in [2.75, 3.05) is 26.2 Å².